The van der Waals surface area contributed by atoms with Gasteiger partial charge in [0.2, 0.25) is 0 Å². The van der Waals surface area contributed by atoms with Crippen molar-refractivity contribution >= 4 is 17.3 Å². The maximum Gasteiger partial charge on any atom is 0.276 e. The normalized spacial score (nSPS) is 17.2. The molecule has 6 nitrogen and oxygen atoms in total. The summed E-state index contributed by atoms with van der Waals surface area (Å²) in [7, 11) is 1.72. The number of nitro groups is 1. The van der Waals surface area contributed by atoms with E-state index in [2.05, 4.69) is 29.0 Å². The molecule has 0 atom stereocenters. The molecule has 2 heterocycles. The number of aromatic nitrogens is 1. The summed E-state index contributed by atoms with van der Waals surface area (Å²) in [4.78, 5) is 17.3. The van der Waals surface area contributed by atoms with Crippen LogP contribution in [0.25, 0.3) is 0 Å². The van der Waals surface area contributed by atoms with Crippen LogP contribution in [-0.4, -0.2) is 30.0 Å². The third-order valence-electron chi connectivity index (χ3n) is 4.53. The van der Waals surface area contributed by atoms with Crippen LogP contribution in [0.15, 0.2) is 12.1 Å². The van der Waals surface area contributed by atoms with Crippen LogP contribution >= 0.6 is 0 Å². The van der Waals surface area contributed by atoms with E-state index in [0.717, 1.165) is 32.4 Å². The summed E-state index contributed by atoms with van der Waals surface area (Å²) in [5, 5.41) is 13.9. The molecule has 0 unspecified atom stereocenters. The number of pyridine rings is 1. The van der Waals surface area contributed by atoms with Crippen molar-refractivity contribution in [2.75, 3.05) is 30.4 Å². The summed E-state index contributed by atoms with van der Waals surface area (Å²) in [5.41, 5.74) is 0.413. The number of anilines is 2. The number of rotatable bonds is 5. The fourth-order valence-corrected chi connectivity index (χ4v) is 2.86. The predicted molar refractivity (Wildman–Crippen MR) is 80.3 cm³/mol. The fourth-order valence-electron chi connectivity index (χ4n) is 2.86. The van der Waals surface area contributed by atoms with E-state index >= 15 is 0 Å². The highest BCUT2D eigenvalue weighted by atomic mass is 16.6. The lowest BCUT2D eigenvalue weighted by Crippen LogP contribution is -2.26. The van der Waals surface area contributed by atoms with E-state index in [-0.39, 0.29) is 10.6 Å². The Morgan fingerprint density at radius 2 is 2.15 bits per heavy atom. The van der Waals surface area contributed by atoms with Crippen molar-refractivity contribution in [3.8, 4) is 0 Å². The van der Waals surface area contributed by atoms with Crippen molar-refractivity contribution in [3.05, 3.63) is 22.2 Å². The summed E-state index contributed by atoms with van der Waals surface area (Å²) in [6.07, 6.45) is 3.39. The van der Waals surface area contributed by atoms with Crippen molar-refractivity contribution in [1.29, 1.82) is 0 Å². The zero-order chi connectivity index (χ0) is 14.8. The summed E-state index contributed by atoms with van der Waals surface area (Å²) in [5.74, 6) is 1.24. The van der Waals surface area contributed by atoms with Gasteiger partial charge in [-0.3, -0.25) is 10.1 Å². The van der Waals surface area contributed by atoms with Crippen molar-refractivity contribution < 1.29 is 4.92 Å². The van der Waals surface area contributed by atoms with Gasteiger partial charge in [-0.25, -0.2) is 4.98 Å². The minimum absolute atomic E-state index is 0.0878. The number of nitrogens with zero attached hydrogens (tertiary/aromatic N) is 3. The first-order valence-electron chi connectivity index (χ1n) is 7.13. The average molecular weight is 278 g/mol. The molecule has 1 aliphatic heterocycles. The maximum absolute atomic E-state index is 11.0. The van der Waals surface area contributed by atoms with Crippen molar-refractivity contribution in [3.63, 3.8) is 0 Å². The lowest BCUT2D eigenvalue weighted by Gasteiger charge is -2.26. The quantitative estimate of drug-likeness (QED) is 0.662. The molecule has 20 heavy (non-hydrogen) atoms. The zero-order valence-corrected chi connectivity index (χ0v) is 12.3. The van der Waals surface area contributed by atoms with Crippen LogP contribution in [0, 0.1) is 15.5 Å². The molecule has 1 saturated heterocycles. The molecule has 1 N–H and O–H groups in total. The third kappa shape index (κ3) is 2.69. The van der Waals surface area contributed by atoms with Gasteiger partial charge in [0.25, 0.3) is 5.69 Å². The Hall–Kier alpha value is -1.85. The largest absolute Gasteiger partial charge is 0.373 e. The van der Waals surface area contributed by atoms with Gasteiger partial charge >= 0.3 is 0 Å². The van der Waals surface area contributed by atoms with Crippen LogP contribution in [0.4, 0.5) is 17.3 Å². The van der Waals surface area contributed by atoms with E-state index in [4.69, 9.17) is 0 Å². The van der Waals surface area contributed by atoms with Crippen LogP contribution in [-0.2, 0) is 0 Å². The molecule has 1 fully saturated rings. The van der Waals surface area contributed by atoms with E-state index in [9.17, 15) is 10.1 Å². The number of hydrogen-bond donors (Lipinski definition) is 1. The first-order valence-corrected chi connectivity index (χ1v) is 7.13. The monoisotopic (exact) mass is 278 g/mol. The van der Waals surface area contributed by atoms with Crippen LogP contribution < -0.4 is 10.2 Å². The van der Waals surface area contributed by atoms with Gasteiger partial charge in [-0.1, -0.05) is 13.8 Å². The van der Waals surface area contributed by atoms with Gasteiger partial charge in [0, 0.05) is 20.1 Å². The average Bonchev–Trinajstić information content (AvgIpc) is 2.92. The summed E-state index contributed by atoms with van der Waals surface area (Å²) >= 11 is 0. The van der Waals surface area contributed by atoms with Crippen molar-refractivity contribution in [1.82, 2.24) is 4.98 Å². The molecule has 1 aromatic rings. The highest BCUT2D eigenvalue weighted by Gasteiger charge is 2.35. The highest BCUT2D eigenvalue weighted by molar-refractivity contribution is 5.56. The minimum Gasteiger partial charge on any atom is -0.373 e. The second-order valence-corrected chi connectivity index (χ2v) is 5.45. The van der Waals surface area contributed by atoms with Gasteiger partial charge in [0.05, 0.1) is 17.1 Å². The molecule has 6 heteroatoms. The Morgan fingerprint density at radius 3 is 2.65 bits per heavy atom. The van der Waals surface area contributed by atoms with Gasteiger partial charge in [-0.2, -0.15) is 0 Å². The second kappa shape index (κ2) is 5.64. The van der Waals surface area contributed by atoms with Gasteiger partial charge in [0.1, 0.15) is 11.6 Å². The Kier molecular flexibility index (Phi) is 4.11. The first kappa shape index (κ1) is 14.6. The molecule has 2 rings (SSSR count). The van der Waals surface area contributed by atoms with Gasteiger partial charge in [-0.05, 0) is 24.7 Å². The Labute approximate surface area is 119 Å². The Balaban J connectivity index is 2.29. The molecule has 0 amide bonds. The van der Waals surface area contributed by atoms with Crippen LogP contribution in [0.3, 0.4) is 0 Å². The topological polar surface area (TPSA) is 71.3 Å². The molecule has 1 aliphatic rings. The molecule has 0 saturated carbocycles. The molecule has 0 spiro atoms. The standard InChI is InChI=1S/C14H22N4O2/c1-4-14(5-2)6-7-17(10-14)13-9-11(18(19)20)8-12(15-3)16-13/h8-9H,4-7,10H2,1-3H3,(H,15,16). The lowest BCUT2D eigenvalue weighted by molar-refractivity contribution is -0.384. The Morgan fingerprint density at radius 1 is 1.45 bits per heavy atom. The van der Waals surface area contributed by atoms with E-state index in [1.54, 1.807) is 13.1 Å². The van der Waals surface area contributed by atoms with E-state index < -0.39 is 0 Å². The van der Waals surface area contributed by atoms with E-state index in [1.165, 1.54) is 6.07 Å². The summed E-state index contributed by atoms with van der Waals surface area (Å²) in [6.45, 7) is 6.27. The number of nitrogens with one attached hydrogen (secondary N) is 1. The van der Waals surface area contributed by atoms with E-state index in [0.29, 0.717) is 17.1 Å². The Bertz CT molecular complexity index is 500. The minimum atomic E-state index is -0.366. The molecule has 110 valence electrons. The second-order valence-electron chi connectivity index (χ2n) is 5.45. The van der Waals surface area contributed by atoms with E-state index in [1.807, 2.05) is 0 Å². The van der Waals surface area contributed by atoms with Crippen LogP contribution in [0.2, 0.25) is 0 Å². The zero-order valence-electron chi connectivity index (χ0n) is 12.3. The molecule has 0 aliphatic carbocycles. The molecule has 1 aromatic heterocycles. The van der Waals surface area contributed by atoms with Crippen LogP contribution in [0.1, 0.15) is 33.1 Å². The third-order valence-corrected chi connectivity index (χ3v) is 4.53. The summed E-state index contributed by atoms with van der Waals surface area (Å²) < 4.78 is 0. The van der Waals surface area contributed by atoms with Gasteiger partial charge in [-0.15, -0.1) is 0 Å². The first-order chi connectivity index (χ1) is 9.53. The maximum atomic E-state index is 11.0. The van der Waals surface area contributed by atoms with Gasteiger partial charge in [0.15, 0.2) is 0 Å². The van der Waals surface area contributed by atoms with Gasteiger partial charge < -0.3 is 10.2 Å². The fraction of sp³-hybridized carbons (Fsp3) is 0.643. The van der Waals surface area contributed by atoms with Crippen LogP contribution in [0.5, 0.6) is 0 Å². The van der Waals surface area contributed by atoms with Crippen molar-refractivity contribution in [2.24, 2.45) is 5.41 Å². The highest BCUT2D eigenvalue weighted by Crippen LogP contribution is 2.39. The molecule has 0 radical (unpaired) electrons. The molecule has 0 aromatic carbocycles. The predicted octanol–water partition coefficient (Wildman–Crippen LogP) is 3.05. The molecule has 0 bridgehead atoms. The lowest BCUT2D eigenvalue weighted by atomic mass is 9.82. The molecular formula is C14H22N4O2. The molecular weight excluding hydrogens is 256 g/mol. The number of hydrogen-bond acceptors (Lipinski definition) is 5. The summed E-state index contributed by atoms with van der Waals surface area (Å²) in [6, 6.07) is 3.04. The smallest absolute Gasteiger partial charge is 0.276 e. The van der Waals surface area contributed by atoms with Crippen molar-refractivity contribution in [2.45, 2.75) is 33.1 Å². The SMILES string of the molecule is CCC1(CC)CCN(c2cc([N+](=O)[O-])cc(NC)n2)C1.